The Kier molecular flexibility index (Phi) is 6.96. The van der Waals surface area contributed by atoms with Crippen LogP contribution in [0.5, 0.6) is 5.75 Å². The van der Waals surface area contributed by atoms with Crippen LogP contribution in [0.25, 0.3) is 10.9 Å². The van der Waals surface area contributed by atoms with E-state index in [0.29, 0.717) is 11.4 Å². The van der Waals surface area contributed by atoms with Crippen LogP contribution < -0.4 is 15.2 Å². The topological polar surface area (TPSA) is 92.2 Å². The zero-order valence-electron chi connectivity index (χ0n) is 23.2. The van der Waals surface area contributed by atoms with Gasteiger partial charge in [0.2, 0.25) is 0 Å². The Bertz CT molecular complexity index is 1500. The van der Waals surface area contributed by atoms with E-state index in [1.165, 1.54) is 0 Å². The zero-order chi connectivity index (χ0) is 27.0. The molecule has 0 unspecified atom stereocenters. The van der Waals surface area contributed by atoms with E-state index < -0.39 is 0 Å². The van der Waals surface area contributed by atoms with Crippen LogP contribution in [-0.4, -0.2) is 63.4 Å². The molecule has 0 amide bonds. The van der Waals surface area contributed by atoms with Gasteiger partial charge in [-0.1, -0.05) is 25.1 Å². The number of tetrazole rings is 1. The van der Waals surface area contributed by atoms with Crippen molar-refractivity contribution in [3.8, 4) is 5.75 Å². The number of fused-ring (bicyclic) bond motifs is 1. The molecule has 200 valence electrons. The fourth-order valence-corrected chi connectivity index (χ4v) is 5.45. The predicted octanol–water partition coefficient (Wildman–Crippen LogP) is 4.20. The highest BCUT2D eigenvalue weighted by Gasteiger charge is 2.36. The van der Waals surface area contributed by atoms with Crippen LogP contribution in [0.2, 0.25) is 0 Å². The lowest BCUT2D eigenvalue weighted by Crippen LogP contribution is -2.49. The van der Waals surface area contributed by atoms with Crippen molar-refractivity contribution in [2.75, 3.05) is 38.2 Å². The van der Waals surface area contributed by atoms with Gasteiger partial charge in [0.1, 0.15) is 11.8 Å². The number of piperazine rings is 1. The van der Waals surface area contributed by atoms with Gasteiger partial charge in [0, 0.05) is 42.6 Å². The second kappa shape index (κ2) is 10.2. The van der Waals surface area contributed by atoms with Gasteiger partial charge in [0.05, 0.1) is 18.3 Å². The molecular formula is C29H37N7O2. The first-order valence-corrected chi connectivity index (χ1v) is 13.3. The Morgan fingerprint density at radius 1 is 1.08 bits per heavy atom. The SMILES string of the molecule is CCC(C)(C)n1nnnc1[C@@H](c1cc2c(C)cc(C)cc2[nH]c1=O)N1CCN(c2ccccc2OC)CC1. The molecule has 2 aromatic heterocycles. The minimum Gasteiger partial charge on any atom is -0.495 e. The number of benzene rings is 2. The number of anilines is 1. The van der Waals surface area contributed by atoms with Crippen molar-refractivity contribution in [2.24, 2.45) is 0 Å². The molecule has 9 heteroatoms. The van der Waals surface area contributed by atoms with Crippen molar-refractivity contribution in [1.82, 2.24) is 30.1 Å². The predicted molar refractivity (Wildman–Crippen MR) is 150 cm³/mol. The maximum atomic E-state index is 13.6. The number of H-pyrrole nitrogens is 1. The van der Waals surface area contributed by atoms with Gasteiger partial charge < -0.3 is 14.6 Å². The molecule has 0 spiro atoms. The molecule has 4 aromatic rings. The summed E-state index contributed by atoms with van der Waals surface area (Å²) in [4.78, 5) is 21.5. The third-order valence-electron chi connectivity index (χ3n) is 7.92. The zero-order valence-corrected chi connectivity index (χ0v) is 23.2. The van der Waals surface area contributed by atoms with Gasteiger partial charge in [-0.2, -0.15) is 0 Å². The number of rotatable bonds is 7. The Morgan fingerprint density at radius 2 is 1.82 bits per heavy atom. The number of aromatic amines is 1. The summed E-state index contributed by atoms with van der Waals surface area (Å²) in [5.41, 5.74) is 4.44. The van der Waals surface area contributed by atoms with Gasteiger partial charge in [0.25, 0.3) is 5.56 Å². The fraction of sp³-hybridized carbons (Fsp3) is 0.448. The van der Waals surface area contributed by atoms with Crippen molar-refractivity contribution in [1.29, 1.82) is 0 Å². The first-order valence-electron chi connectivity index (χ1n) is 13.3. The monoisotopic (exact) mass is 515 g/mol. The van der Waals surface area contributed by atoms with Crippen molar-refractivity contribution in [2.45, 2.75) is 52.6 Å². The molecule has 1 N–H and O–H groups in total. The lowest BCUT2D eigenvalue weighted by Gasteiger charge is -2.40. The lowest BCUT2D eigenvalue weighted by atomic mass is 9.97. The number of hydrogen-bond acceptors (Lipinski definition) is 7. The summed E-state index contributed by atoms with van der Waals surface area (Å²) in [7, 11) is 1.70. The van der Waals surface area contributed by atoms with Crippen molar-refractivity contribution < 1.29 is 4.74 Å². The molecule has 1 saturated heterocycles. The maximum Gasteiger partial charge on any atom is 0.253 e. The Balaban J connectivity index is 1.58. The van der Waals surface area contributed by atoms with Gasteiger partial charge in [-0.15, -0.1) is 5.10 Å². The molecule has 1 aliphatic heterocycles. The lowest BCUT2D eigenvalue weighted by molar-refractivity contribution is 0.186. The molecular weight excluding hydrogens is 478 g/mol. The number of pyridine rings is 1. The van der Waals surface area contributed by atoms with E-state index >= 15 is 0 Å². The van der Waals surface area contributed by atoms with Crippen LogP contribution in [0.1, 0.15) is 55.7 Å². The minimum atomic E-state index is -0.385. The molecule has 9 nitrogen and oxygen atoms in total. The standard InChI is InChI=1S/C29H37N7O2/c1-7-29(4,5)36-27(31-32-33-36)26(22-18-21-20(3)16-19(2)17-23(21)30-28(22)37)35-14-12-34(13-15-35)24-10-8-9-11-25(24)38-6/h8-11,16-18,26H,7,12-15H2,1-6H3,(H,30,37)/t26-/m1/s1. The summed E-state index contributed by atoms with van der Waals surface area (Å²) in [6.45, 7) is 13.6. The average molecular weight is 516 g/mol. The van der Waals surface area contributed by atoms with Crippen LogP contribution in [0.15, 0.2) is 47.3 Å². The number of para-hydroxylation sites is 2. The number of aryl methyl sites for hydroxylation is 2. The molecule has 5 rings (SSSR count). The Morgan fingerprint density at radius 3 is 2.53 bits per heavy atom. The van der Waals surface area contributed by atoms with Crippen LogP contribution in [0, 0.1) is 13.8 Å². The Labute approximate surface area is 223 Å². The quantitative estimate of drug-likeness (QED) is 0.394. The third-order valence-corrected chi connectivity index (χ3v) is 7.92. The summed E-state index contributed by atoms with van der Waals surface area (Å²) in [5.74, 6) is 1.56. The van der Waals surface area contributed by atoms with E-state index in [1.807, 2.05) is 41.9 Å². The fourth-order valence-electron chi connectivity index (χ4n) is 5.45. The van der Waals surface area contributed by atoms with Gasteiger partial charge in [-0.25, -0.2) is 4.68 Å². The maximum absolute atomic E-state index is 13.6. The molecule has 1 fully saturated rings. The third kappa shape index (κ3) is 4.67. The number of aromatic nitrogens is 5. The number of methoxy groups -OCH3 is 1. The van der Waals surface area contributed by atoms with Gasteiger partial charge in [-0.3, -0.25) is 9.69 Å². The highest BCUT2D eigenvalue weighted by Crippen LogP contribution is 2.34. The first-order chi connectivity index (χ1) is 18.2. The summed E-state index contributed by atoms with van der Waals surface area (Å²) >= 11 is 0. The first kappa shape index (κ1) is 25.9. The number of ether oxygens (including phenoxy) is 1. The molecule has 0 aliphatic carbocycles. The van der Waals surface area contributed by atoms with Crippen LogP contribution in [0.3, 0.4) is 0 Å². The largest absolute Gasteiger partial charge is 0.495 e. The number of hydrogen-bond donors (Lipinski definition) is 1. The molecule has 1 atom stereocenters. The van der Waals surface area contributed by atoms with Crippen molar-refractivity contribution in [3.05, 3.63) is 75.3 Å². The molecule has 0 bridgehead atoms. The van der Waals surface area contributed by atoms with Crippen LogP contribution in [-0.2, 0) is 5.54 Å². The van der Waals surface area contributed by atoms with Crippen LogP contribution in [0.4, 0.5) is 5.69 Å². The van der Waals surface area contributed by atoms with E-state index in [9.17, 15) is 4.79 Å². The van der Waals surface area contributed by atoms with E-state index in [2.05, 4.69) is 70.1 Å². The smallest absolute Gasteiger partial charge is 0.253 e. The Hall–Kier alpha value is -3.72. The average Bonchev–Trinajstić information content (AvgIpc) is 3.40. The number of nitrogens with zero attached hydrogens (tertiary/aromatic N) is 6. The summed E-state index contributed by atoms with van der Waals surface area (Å²) in [6.07, 6.45) is 0.853. The molecule has 1 aliphatic rings. The molecule has 0 radical (unpaired) electrons. The molecule has 38 heavy (non-hydrogen) atoms. The summed E-state index contributed by atoms with van der Waals surface area (Å²) < 4.78 is 7.51. The highest BCUT2D eigenvalue weighted by molar-refractivity contribution is 5.83. The van der Waals surface area contributed by atoms with Gasteiger partial charge in [0.15, 0.2) is 5.82 Å². The van der Waals surface area contributed by atoms with Crippen LogP contribution >= 0.6 is 0 Å². The van der Waals surface area contributed by atoms with E-state index in [4.69, 9.17) is 4.74 Å². The van der Waals surface area contributed by atoms with Gasteiger partial charge in [-0.05, 0) is 79.9 Å². The van der Waals surface area contributed by atoms with E-state index in [0.717, 1.165) is 66.1 Å². The van der Waals surface area contributed by atoms with Gasteiger partial charge >= 0.3 is 0 Å². The molecule has 2 aromatic carbocycles. The summed E-state index contributed by atoms with van der Waals surface area (Å²) in [5, 5.41) is 14.0. The summed E-state index contributed by atoms with van der Waals surface area (Å²) in [6, 6.07) is 13.9. The highest BCUT2D eigenvalue weighted by atomic mass is 16.5. The second-order valence-corrected chi connectivity index (χ2v) is 10.8. The molecule has 0 saturated carbocycles. The molecule has 3 heterocycles. The minimum absolute atomic E-state index is 0.108. The number of nitrogens with one attached hydrogen (secondary N) is 1. The normalized spacial score (nSPS) is 15.7. The van der Waals surface area contributed by atoms with E-state index in [-0.39, 0.29) is 17.1 Å². The van der Waals surface area contributed by atoms with Crippen molar-refractivity contribution >= 4 is 16.6 Å². The van der Waals surface area contributed by atoms with Crippen molar-refractivity contribution in [3.63, 3.8) is 0 Å². The second-order valence-electron chi connectivity index (χ2n) is 10.8. The van der Waals surface area contributed by atoms with E-state index in [1.54, 1.807) is 7.11 Å².